The molecule has 0 saturated carbocycles. The molecule has 0 atom stereocenters. The smallest absolute Gasteiger partial charge is 0.176 e. The van der Waals surface area contributed by atoms with E-state index in [0.29, 0.717) is 24.1 Å². The Hall–Kier alpha value is -0.610. The van der Waals surface area contributed by atoms with Gasteiger partial charge in [0.25, 0.3) is 0 Å². The quantitative estimate of drug-likeness (QED) is 0.564. The Bertz CT molecular complexity index is 226. The maximum atomic E-state index is 5.53. The van der Waals surface area contributed by atoms with Gasteiger partial charge in [0.1, 0.15) is 12.4 Å². The molecule has 0 aromatic carbocycles. The third kappa shape index (κ3) is 2.79. The third-order valence-corrected chi connectivity index (χ3v) is 1.54. The molecule has 68 valence electrons. The van der Waals surface area contributed by atoms with E-state index in [4.69, 9.17) is 16.3 Å². The molecule has 1 rings (SSSR count). The summed E-state index contributed by atoms with van der Waals surface area (Å²) in [6, 6.07) is 0. The van der Waals surface area contributed by atoms with Gasteiger partial charge in [0.05, 0.1) is 5.88 Å². The summed E-state index contributed by atoms with van der Waals surface area (Å²) in [6.45, 7) is 3.26. The molecule has 1 heterocycles. The lowest BCUT2D eigenvalue weighted by molar-refractivity contribution is 0.116. The molecule has 0 unspecified atom stereocenters. The van der Waals surface area contributed by atoms with Crippen LogP contribution in [0.5, 0.6) is 0 Å². The predicted octanol–water partition coefficient (Wildman–Crippen LogP) is 1.47. The highest BCUT2D eigenvalue weighted by atomic mass is 35.5. The summed E-state index contributed by atoms with van der Waals surface area (Å²) in [5.41, 5.74) is 0. The van der Waals surface area contributed by atoms with Crippen molar-refractivity contribution in [3.8, 4) is 0 Å². The molecule has 0 fully saturated rings. The van der Waals surface area contributed by atoms with Crippen LogP contribution in [-0.4, -0.2) is 21.8 Å². The highest BCUT2D eigenvalue weighted by Gasteiger charge is 2.00. The van der Waals surface area contributed by atoms with Gasteiger partial charge in [-0.15, -0.1) is 11.6 Å². The molecular weight excluding hydrogens is 178 g/mol. The van der Waals surface area contributed by atoms with Crippen molar-refractivity contribution < 1.29 is 4.74 Å². The highest BCUT2D eigenvalue weighted by Crippen LogP contribution is 1.98. The molecule has 1 aromatic heterocycles. The van der Waals surface area contributed by atoms with E-state index in [9.17, 15) is 0 Å². The van der Waals surface area contributed by atoms with Crippen LogP contribution in [0.2, 0.25) is 0 Å². The first-order chi connectivity index (χ1) is 5.86. The molecule has 0 aliphatic carbocycles. The number of nitrogens with zero attached hydrogens (tertiary/aromatic N) is 2. The largest absolute Gasteiger partial charge is 0.373 e. The van der Waals surface area contributed by atoms with Crippen molar-refractivity contribution in [1.82, 2.24) is 15.2 Å². The maximum absolute atomic E-state index is 5.53. The highest BCUT2D eigenvalue weighted by molar-refractivity contribution is 6.16. The van der Waals surface area contributed by atoms with E-state index in [-0.39, 0.29) is 0 Å². The Morgan fingerprint density at radius 1 is 1.58 bits per heavy atom. The second-order valence-corrected chi connectivity index (χ2v) is 2.65. The van der Waals surface area contributed by atoms with Gasteiger partial charge in [-0.25, -0.2) is 4.98 Å². The zero-order chi connectivity index (χ0) is 8.81. The van der Waals surface area contributed by atoms with E-state index in [2.05, 4.69) is 22.1 Å². The first-order valence-corrected chi connectivity index (χ1v) is 4.44. The van der Waals surface area contributed by atoms with Crippen molar-refractivity contribution in [3.05, 3.63) is 11.6 Å². The van der Waals surface area contributed by atoms with Crippen molar-refractivity contribution in [2.75, 3.05) is 6.61 Å². The monoisotopic (exact) mass is 189 g/mol. The van der Waals surface area contributed by atoms with Crippen molar-refractivity contribution in [2.45, 2.75) is 25.8 Å². The van der Waals surface area contributed by atoms with E-state index in [1.165, 1.54) is 0 Å². The summed E-state index contributed by atoms with van der Waals surface area (Å²) in [7, 11) is 0. The van der Waals surface area contributed by atoms with Gasteiger partial charge in [0, 0.05) is 6.61 Å². The van der Waals surface area contributed by atoms with Gasteiger partial charge in [-0.1, -0.05) is 6.92 Å². The van der Waals surface area contributed by atoms with Crippen LogP contribution in [0.1, 0.15) is 25.0 Å². The summed E-state index contributed by atoms with van der Waals surface area (Å²) in [5.74, 6) is 1.71. The van der Waals surface area contributed by atoms with Crippen molar-refractivity contribution in [2.24, 2.45) is 0 Å². The van der Waals surface area contributed by atoms with Gasteiger partial charge in [-0.2, -0.15) is 5.10 Å². The van der Waals surface area contributed by atoms with Gasteiger partial charge in [-0.3, -0.25) is 5.10 Å². The summed E-state index contributed by atoms with van der Waals surface area (Å²) in [5, 5.41) is 6.62. The molecule has 0 radical (unpaired) electrons. The molecule has 0 amide bonds. The minimum atomic E-state index is 0.362. The number of nitrogens with one attached hydrogen (secondary N) is 1. The van der Waals surface area contributed by atoms with Gasteiger partial charge in [0.15, 0.2) is 5.82 Å². The fraction of sp³-hybridized carbons (Fsp3) is 0.714. The number of hydrogen-bond donors (Lipinski definition) is 1. The molecule has 1 N–H and O–H groups in total. The zero-order valence-corrected chi connectivity index (χ0v) is 7.76. The minimum absolute atomic E-state index is 0.362. The fourth-order valence-electron chi connectivity index (χ4n) is 0.767. The van der Waals surface area contributed by atoms with E-state index in [1.54, 1.807) is 0 Å². The molecule has 0 spiro atoms. The number of ether oxygens (including phenoxy) is 1. The van der Waals surface area contributed by atoms with Gasteiger partial charge in [0.2, 0.25) is 0 Å². The lowest BCUT2D eigenvalue weighted by atomic mass is 10.5. The molecule has 4 nitrogen and oxygen atoms in total. The normalized spacial score (nSPS) is 10.5. The second-order valence-electron chi connectivity index (χ2n) is 2.38. The fourth-order valence-corrected chi connectivity index (χ4v) is 0.886. The van der Waals surface area contributed by atoms with Crippen LogP contribution >= 0.6 is 11.6 Å². The second kappa shape index (κ2) is 5.11. The van der Waals surface area contributed by atoms with E-state index in [0.717, 1.165) is 13.0 Å². The molecule has 0 aliphatic heterocycles. The van der Waals surface area contributed by atoms with E-state index >= 15 is 0 Å². The zero-order valence-electron chi connectivity index (χ0n) is 7.01. The molecule has 0 saturated heterocycles. The van der Waals surface area contributed by atoms with Crippen LogP contribution in [0.4, 0.5) is 0 Å². The van der Waals surface area contributed by atoms with Crippen molar-refractivity contribution >= 4 is 11.6 Å². The lowest BCUT2D eigenvalue weighted by Gasteiger charge is -1.95. The Morgan fingerprint density at radius 3 is 3.00 bits per heavy atom. The molecular formula is C7H12ClN3O. The summed E-state index contributed by atoms with van der Waals surface area (Å²) in [4.78, 5) is 4.08. The van der Waals surface area contributed by atoms with Gasteiger partial charge < -0.3 is 4.74 Å². The molecule has 12 heavy (non-hydrogen) atoms. The van der Waals surface area contributed by atoms with Crippen molar-refractivity contribution in [3.63, 3.8) is 0 Å². The Kier molecular flexibility index (Phi) is 4.04. The number of aromatic amines is 1. The third-order valence-electron chi connectivity index (χ3n) is 1.28. The summed E-state index contributed by atoms with van der Waals surface area (Å²) in [6.07, 6.45) is 1.01. The SMILES string of the molecule is CCCOCc1n[nH]c(CCl)n1. The Balaban J connectivity index is 2.31. The molecule has 1 aromatic rings. The number of H-pyrrole nitrogens is 1. The van der Waals surface area contributed by atoms with Gasteiger partial charge >= 0.3 is 0 Å². The van der Waals surface area contributed by atoms with Crippen LogP contribution < -0.4 is 0 Å². The number of halogens is 1. The van der Waals surface area contributed by atoms with Crippen LogP contribution in [0.3, 0.4) is 0 Å². The van der Waals surface area contributed by atoms with Crippen LogP contribution in [-0.2, 0) is 17.2 Å². The summed E-state index contributed by atoms with van der Waals surface area (Å²) < 4.78 is 5.24. The predicted molar refractivity (Wildman–Crippen MR) is 45.9 cm³/mol. The first kappa shape index (κ1) is 9.48. The number of hydrogen-bond acceptors (Lipinski definition) is 3. The first-order valence-electron chi connectivity index (χ1n) is 3.90. The van der Waals surface area contributed by atoms with Crippen LogP contribution in [0.25, 0.3) is 0 Å². The Morgan fingerprint density at radius 2 is 2.42 bits per heavy atom. The Labute approximate surface area is 76.3 Å². The van der Waals surface area contributed by atoms with Crippen LogP contribution in [0.15, 0.2) is 0 Å². The topological polar surface area (TPSA) is 50.8 Å². The van der Waals surface area contributed by atoms with Crippen LogP contribution in [0, 0.1) is 0 Å². The molecule has 5 heteroatoms. The maximum Gasteiger partial charge on any atom is 0.176 e. The lowest BCUT2D eigenvalue weighted by Crippen LogP contribution is -1.95. The molecule has 0 bridgehead atoms. The number of alkyl halides is 1. The average Bonchev–Trinajstić information content (AvgIpc) is 2.53. The van der Waals surface area contributed by atoms with Crippen molar-refractivity contribution in [1.29, 1.82) is 0 Å². The minimum Gasteiger partial charge on any atom is -0.373 e. The van der Waals surface area contributed by atoms with E-state index in [1.807, 2.05) is 0 Å². The number of aromatic nitrogens is 3. The standard InChI is InChI=1S/C7H12ClN3O/c1-2-3-12-5-7-9-6(4-8)10-11-7/h2-5H2,1H3,(H,9,10,11). The van der Waals surface area contributed by atoms with Gasteiger partial charge in [-0.05, 0) is 6.42 Å². The molecule has 0 aliphatic rings. The average molecular weight is 190 g/mol. The van der Waals surface area contributed by atoms with E-state index < -0.39 is 0 Å². The number of rotatable bonds is 5. The summed E-state index contributed by atoms with van der Waals surface area (Å²) >= 11 is 5.53.